The van der Waals surface area contributed by atoms with E-state index in [1.807, 2.05) is 24.3 Å². The molecule has 1 aliphatic heterocycles. The zero-order valence-corrected chi connectivity index (χ0v) is 15.1. The minimum absolute atomic E-state index is 0.132. The lowest BCUT2D eigenvalue weighted by Crippen LogP contribution is -2.32. The van der Waals surface area contributed by atoms with Crippen LogP contribution in [0.4, 0.5) is 0 Å². The maximum absolute atomic E-state index is 13.2. The van der Waals surface area contributed by atoms with E-state index in [-0.39, 0.29) is 11.9 Å². The Bertz CT molecular complexity index is 1160. The van der Waals surface area contributed by atoms with Gasteiger partial charge in [0.1, 0.15) is 11.4 Å². The van der Waals surface area contributed by atoms with Crippen molar-refractivity contribution in [3.05, 3.63) is 65.5 Å². The van der Waals surface area contributed by atoms with E-state index in [1.54, 1.807) is 31.4 Å². The van der Waals surface area contributed by atoms with Crippen LogP contribution < -0.4 is 10.1 Å². The van der Waals surface area contributed by atoms with Crippen LogP contribution in [0.1, 0.15) is 34.1 Å². The third kappa shape index (κ3) is 2.72. The molecular weight excluding hydrogens is 358 g/mol. The second kappa shape index (κ2) is 6.53. The minimum atomic E-state index is -0.215. The van der Waals surface area contributed by atoms with E-state index in [4.69, 9.17) is 13.7 Å². The number of hydrogen-bond donors (Lipinski definition) is 1. The molecule has 140 valence electrons. The van der Waals surface area contributed by atoms with E-state index >= 15 is 0 Å². The topological polar surface area (TPSA) is 90.4 Å². The summed E-state index contributed by atoms with van der Waals surface area (Å²) in [5.41, 5.74) is 2.88. The maximum atomic E-state index is 13.2. The molecule has 1 aliphatic rings. The molecule has 1 aromatic carbocycles. The first kappa shape index (κ1) is 16.6. The van der Waals surface area contributed by atoms with Gasteiger partial charge in [0.2, 0.25) is 0 Å². The van der Waals surface area contributed by atoms with Crippen molar-refractivity contribution in [3.8, 4) is 17.2 Å². The molecule has 0 bridgehead atoms. The van der Waals surface area contributed by atoms with Gasteiger partial charge in [0.05, 0.1) is 35.6 Å². The molecule has 0 saturated carbocycles. The highest BCUT2D eigenvalue weighted by Gasteiger charge is 2.26. The Morgan fingerprint density at radius 3 is 2.96 bits per heavy atom. The van der Waals surface area contributed by atoms with Gasteiger partial charge in [0, 0.05) is 12.0 Å². The zero-order valence-electron chi connectivity index (χ0n) is 15.1. The lowest BCUT2D eigenvalue weighted by atomic mass is 9.99. The van der Waals surface area contributed by atoms with Gasteiger partial charge < -0.3 is 19.0 Å². The molecule has 0 saturated heterocycles. The molecule has 0 spiro atoms. The number of pyridine rings is 1. The number of carbonyl (C=O) groups is 1. The van der Waals surface area contributed by atoms with Crippen molar-refractivity contribution in [2.75, 3.05) is 6.61 Å². The van der Waals surface area contributed by atoms with Gasteiger partial charge in [-0.1, -0.05) is 23.4 Å². The molecule has 1 N–H and O–H groups in total. The van der Waals surface area contributed by atoms with Gasteiger partial charge in [-0.3, -0.25) is 4.79 Å². The van der Waals surface area contributed by atoms with E-state index in [1.165, 1.54) is 0 Å². The van der Waals surface area contributed by atoms with Crippen LogP contribution in [0.5, 0.6) is 5.75 Å². The fourth-order valence-corrected chi connectivity index (χ4v) is 3.55. The van der Waals surface area contributed by atoms with E-state index in [2.05, 4.69) is 15.5 Å². The molecule has 0 aliphatic carbocycles. The average Bonchev–Trinajstić information content (AvgIpc) is 3.38. The predicted octanol–water partition coefficient (Wildman–Crippen LogP) is 4.04. The SMILES string of the molecule is Cc1noc2nc(-c3ccco3)cc(C(=O)N[C@H]3CCOc4ccccc43)c12. The number of aromatic nitrogens is 2. The van der Waals surface area contributed by atoms with Gasteiger partial charge in [0.25, 0.3) is 11.6 Å². The van der Waals surface area contributed by atoms with Crippen molar-refractivity contribution >= 4 is 17.0 Å². The second-order valence-corrected chi connectivity index (χ2v) is 6.68. The molecule has 0 fully saturated rings. The smallest absolute Gasteiger partial charge is 0.259 e. The first-order chi connectivity index (χ1) is 13.7. The van der Waals surface area contributed by atoms with Crippen LogP contribution in [0.15, 0.2) is 57.7 Å². The fraction of sp³-hybridized carbons (Fsp3) is 0.190. The van der Waals surface area contributed by atoms with E-state index in [0.29, 0.717) is 46.8 Å². The lowest BCUT2D eigenvalue weighted by molar-refractivity contribution is 0.0926. The number of carbonyl (C=O) groups excluding carboxylic acids is 1. The summed E-state index contributed by atoms with van der Waals surface area (Å²) in [4.78, 5) is 17.7. The van der Waals surface area contributed by atoms with Crippen LogP contribution in [-0.4, -0.2) is 22.7 Å². The lowest BCUT2D eigenvalue weighted by Gasteiger charge is -2.26. The molecular formula is C21H17N3O4. The van der Waals surface area contributed by atoms with E-state index in [0.717, 1.165) is 11.3 Å². The monoisotopic (exact) mass is 375 g/mol. The molecule has 1 amide bonds. The maximum Gasteiger partial charge on any atom is 0.259 e. The number of aryl methyl sites for hydroxylation is 1. The standard InChI is InChI=1S/C21H17N3O4/c1-12-19-14(11-16(18-7-4-9-26-18)23-21(19)28-24-12)20(25)22-15-8-10-27-17-6-3-2-5-13(15)17/h2-7,9,11,15H,8,10H2,1H3,(H,22,25)/t15-/m0/s1. The molecule has 4 aromatic rings. The van der Waals surface area contributed by atoms with Crippen LogP contribution in [-0.2, 0) is 0 Å². The third-order valence-corrected chi connectivity index (χ3v) is 4.90. The molecule has 0 unspecified atom stereocenters. The predicted molar refractivity (Wildman–Crippen MR) is 101 cm³/mol. The number of nitrogens with one attached hydrogen (secondary N) is 1. The molecule has 0 radical (unpaired) electrons. The van der Waals surface area contributed by atoms with Gasteiger partial charge in [-0.05, 0) is 31.2 Å². The van der Waals surface area contributed by atoms with Crippen LogP contribution in [0.2, 0.25) is 0 Å². The number of amides is 1. The van der Waals surface area contributed by atoms with Crippen molar-refractivity contribution in [2.24, 2.45) is 0 Å². The van der Waals surface area contributed by atoms with E-state index in [9.17, 15) is 4.79 Å². The third-order valence-electron chi connectivity index (χ3n) is 4.90. The summed E-state index contributed by atoms with van der Waals surface area (Å²) in [5, 5.41) is 7.71. The number of furan rings is 1. The number of rotatable bonds is 3. The van der Waals surface area contributed by atoms with E-state index < -0.39 is 0 Å². The van der Waals surface area contributed by atoms with Crippen molar-refractivity contribution in [1.29, 1.82) is 0 Å². The highest BCUT2D eigenvalue weighted by molar-refractivity contribution is 6.07. The van der Waals surface area contributed by atoms with Crippen LogP contribution in [0.25, 0.3) is 22.6 Å². The average molecular weight is 375 g/mol. The first-order valence-electron chi connectivity index (χ1n) is 9.04. The largest absolute Gasteiger partial charge is 0.493 e. The number of fused-ring (bicyclic) bond motifs is 2. The highest BCUT2D eigenvalue weighted by atomic mass is 16.5. The summed E-state index contributed by atoms with van der Waals surface area (Å²) in [6.45, 7) is 2.35. The Labute approximate surface area is 160 Å². The number of para-hydroxylation sites is 1. The summed E-state index contributed by atoms with van der Waals surface area (Å²) >= 11 is 0. The van der Waals surface area contributed by atoms with Crippen LogP contribution >= 0.6 is 0 Å². The van der Waals surface area contributed by atoms with Gasteiger partial charge >= 0.3 is 0 Å². The Kier molecular flexibility index (Phi) is 3.86. The normalized spacial score (nSPS) is 15.8. The Hall–Kier alpha value is -3.61. The summed E-state index contributed by atoms with van der Waals surface area (Å²) < 4.78 is 16.4. The van der Waals surface area contributed by atoms with Gasteiger partial charge in [-0.15, -0.1) is 0 Å². The van der Waals surface area contributed by atoms with Gasteiger partial charge in [-0.25, -0.2) is 4.98 Å². The van der Waals surface area contributed by atoms with Gasteiger partial charge in [0.15, 0.2) is 5.76 Å². The molecule has 28 heavy (non-hydrogen) atoms. The van der Waals surface area contributed by atoms with Crippen LogP contribution in [0, 0.1) is 6.92 Å². The second-order valence-electron chi connectivity index (χ2n) is 6.68. The Morgan fingerprint density at radius 1 is 1.21 bits per heavy atom. The first-order valence-corrected chi connectivity index (χ1v) is 9.04. The summed E-state index contributed by atoms with van der Waals surface area (Å²) in [6.07, 6.45) is 2.26. The number of benzene rings is 1. The van der Waals surface area contributed by atoms with Crippen LogP contribution in [0.3, 0.4) is 0 Å². The summed E-state index contributed by atoms with van der Waals surface area (Å²) in [7, 11) is 0. The molecule has 1 atom stereocenters. The molecule has 7 heteroatoms. The number of nitrogens with zero attached hydrogens (tertiary/aromatic N) is 2. The Morgan fingerprint density at radius 2 is 2.11 bits per heavy atom. The molecule has 7 nitrogen and oxygen atoms in total. The number of hydrogen-bond acceptors (Lipinski definition) is 6. The zero-order chi connectivity index (χ0) is 19.1. The van der Waals surface area contributed by atoms with Crippen molar-refractivity contribution in [3.63, 3.8) is 0 Å². The highest BCUT2D eigenvalue weighted by Crippen LogP contribution is 2.33. The number of ether oxygens (including phenoxy) is 1. The molecule has 5 rings (SSSR count). The summed E-state index contributed by atoms with van der Waals surface area (Å²) in [6, 6.07) is 12.9. The molecule has 4 heterocycles. The van der Waals surface area contributed by atoms with Crippen molar-refractivity contribution < 1.29 is 18.5 Å². The minimum Gasteiger partial charge on any atom is -0.493 e. The van der Waals surface area contributed by atoms with Crippen molar-refractivity contribution in [2.45, 2.75) is 19.4 Å². The Balaban J connectivity index is 1.55. The quantitative estimate of drug-likeness (QED) is 0.581. The fourth-order valence-electron chi connectivity index (χ4n) is 3.55. The summed E-state index contributed by atoms with van der Waals surface area (Å²) in [5.74, 6) is 1.14. The van der Waals surface area contributed by atoms with Gasteiger partial charge in [-0.2, -0.15) is 0 Å². The van der Waals surface area contributed by atoms with Crippen molar-refractivity contribution in [1.82, 2.24) is 15.5 Å². The molecule has 3 aromatic heterocycles.